The van der Waals surface area contributed by atoms with Crippen molar-refractivity contribution in [3.63, 3.8) is 0 Å². The maximum atomic E-state index is 14.4. The number of carbonyl (C=O) groups excluding carboxylic acids is 4. The number of para-hydroxylation sites is 1. The van der Waals surface area contributed by atoms with Crippen molar-refractivity contribution in [1.82, 2.24) is 20.6 Å². The van der Waals surface area contributed by atoms with E-state index in [4.69, 9.17) is 4.74 Å². The van der Waals surface area contributed by atoms with E-state index >= 15 is 0 Å². The summed E-state index contributed by atoms with van der Waals surface area (Å²) in [5, 5.41) is 17.8. The predicted molar refractivity (Wildman–Crippen MR) is 205 cm³/mol. The van der Waals surface area contributed by atoms with Crippen molar-refractivity contribution in [2.45, 2.75) is 146 Å². The van der Waals surface area contributed by atoms with Crippen LogP contribution < -0.4 is 15.5 Å². The maximum absolute atomic E-state index is 14.4. The van der Waals surface area contributed by atoms with Gasteiger partial charge in [0, 0.05) is 0 Å². The normalized spacial score (nSPS) is 19.0. The summed E-state index contributed by atoms with van der Waals surface area (Å²) in [6, 6.07) is 6.99. The molecule has 2 saturated carbocycles. The first-order valence-electron chi connectivity index (χ1n) is 19.4. The second-order valence-corrected chi connectivity index (χ2v) is 19.1. The number of imidazole rings is 1. The molecule has 12 heteroatoms. The van der Waals surface area contributed by atoms with Gasteiger partial charge in [-0.1, -0.05) is 0 Å². The van der Waals surface area contributed by atoms with Crippen LogP contribution >= 0.6 is 0 Å². The van der Waals surface area contributed by atoms with Crippen molar-refractivity contribution in [3.05, 3.63) is 48.5 Å². The summed E-state index contributed by atoms with van der Waals surface area (Å²) >= 11 is -1.48. The van der Waals surface area contributed by atoms with Gasteiger partial charge in [0.15, 0.2) is 0 Å². The average molecular weight is 784 g/mol. The molecule has 4 N–H and O–H groups in total. The number of anilines is 1. The van der Waals surface area contributed by atoms with E-state index in [1.165, 1.54) is 36.9 Å². The Morgan fingerprint density at radius 3 is 2.13 bits per heavy atom. The number of ether oxygens (including phenoxy) is 1. The van der Waals surface area contributed by atoms with Crippen molar-refractivity contribution in [2.24, 2.45) is 17.8 Å². The minimum absolute atomic E-state index is 0.0435. The Balaban J connectivity index is 1.56. The van der Waals surface area contributed by atoms with E-state index < -0.39 is 51.5 Å². The van der Waals surface area contributed by atoms with Crippen LogP contribution in [0.1, 0.15) is 117 Å². The van der Waals surface area contributed by atoms with Crippen LogP contribution in [-0.4, -0.2) is 84.1 Å². The molecule has 0 radical (unpaired) electrons. The molecule has 52 heavy (non-hydrogen) atoms. The molecule has 1 aromatic heterocycles. The zero-order chi connectivity index (χ0) is 37.7. The van der Waals surface area contributed by atoms with Crippen LogP contribution in [0.5, 0.6) is 0 Å². The van der Waals surface area contributed by atoms with Crippen molar-refractivity contribution >= 4 is 43.9 Å². The number of aromatic nitrogens is 2. The molecule has 0 saturated heterocycles. The summed E-state index contributed by atoms with van der Waals surface area (Å²) in [4.78, 5) is 63.7. The molecule has 1 aromatic carbocycles. The van der Waals surface area contributed by atoms with Crippen LogP contribution in [0.25, 0.3) is 0 Å². The molecule has 0 aliphatic heterocycles. The molecule has 288 valence electrons. The van der Waals surface area contributed by atoms with Crippen molar-refractivity contribution in [1.29, 1.82) is 0 Å². The van der Waals surface area contributed by atoms with Crippen LogP contribution in [-0.2, 0) is 25.5 Å². The molecule has 2 fully saturated rings. The Bertz CT molecular complexity index is 1410. The van der Waals surface area contributed by atoms with E-state index in [9.17, 15) is 24.3 Å². The second kappa shape index (κ2) is 20.3. The molecule has 2 aliphatic rings. The Hall–Kier alpha value is -3.17. The number of aliphatic hydroxyl groups is 1. The quantitative estimate of drug-likeness (QED) is 0.142. The molecule has 6 atom stereocenters. The van der Waals surface area contributed by atoms with E-state index in [-0.39, 0.29) is 27.5 Å². The third-order valence-electron chi connectivity index (χ3n) is 10.6. The van der Waals surface area contributed by atoms with E-state index in [1.54, 1.807) is 65.2 Å². The summed E-state index contributed by atoms with van der Waals surface area (Å²) in [7, 11) is 1.66. The number of nitrogens with zero attached hydrogens (tertiary/aromatic N) is 2. The molecule has 1 heterocycles. The summed E-state index contributed by atoms with van der Waals surface area (Å²) in [5.74, 6) is 0.0549. The number of H-pyrrole nitrogens is 1. The predicted octanol–water partition coefficient (Wildman–Crippen LogP) is 6.07. The number of rotatable bonds is 17. The molecule has 3 unspecified atom stereocenters. The minimum atomic E-state index is -1.48. The van der Waals surface area contributed by atoms with Gasteiger partial charge in [-0.25, -0.2) is 0 Å². The average Bonchev–Trinajstić information content (AvgIpc) is 3.64. The summed E-state index contributed by atoms with van der Waals surface area (Å²) in [6.07, 6.45) is 15.3. The third-order valence-corrected chi connectivity index (χ3v) is 14.0. The number of hydrogen-bond acceptors (Lipinski definition) is 7. The fourth-order valence-corrected chi connectivity index (χ4v) is 11.0. The van der Waals surface area contributed by atoms with Gasteiger partial charge >= 0.3 is 318 Å². The molecule has 11 nitrogen and oxygen atoms in total. The SMILES string of the molecule is CNC(=O)[C@H](CC1CCCCC1)C[C@H](O)[C@H](CC1CCCCC1)[AsH]C(=O)C(Cc1c[nH]cn1)NC(=O)C(C)N(C(=O)OC(C)(C)C)c1ccccc1. The van der Waals surface area contributed by atoms with Gasteiger partial charge in [0.1, 0.15) is 0 Å². The number of carbonyl (C=O) groups is 4. The first-order valence-corrected chi connectivity index (χ1v) is 21.7. The summed E-state index contributed by atoms with van der Waals surface area (Å²) < 4.78 is 5.36. The Morgan fingerprint density at radius 2 is 1.58 bits per heavy atom. The van der Waals surface area contributed by atoms with Gasteiger partial charge in [0.2, 0.25) is 0 Å². The van der Waals surface area contributed by atoms with Crippen LogP contribution in [0.3, 0.4) is 0 Å². The zero-order valence-electron chi connectivity index (χ0n) is 31.9. The molecule has 0 spiro atoms. The molecular weight excluding hydrogens is 721 g/mol. The van der Waals surface area contributed by atoms with E-state index in [0.29, 0.717) is 29.6 Å². The second-order valence-electron chi connectivity index (χ2n) is 15.9. The van der Waals surface area contributed by atoms with Gasteiger partial charge in [0.05, 0.1) is 0 Å². The van der Waals surface area contributed by atoms with Crippen LogP contribution in [0, 0.1) is 17.8 Å². The van der Waals surface area contributed by atoms with Gasteiger partial charge in [0.25, 0.3) is 0 Å². The monoisotopic (exact) mass is 783 g/mol. The van der Waals surface area contributed by atoms with E-state index in [2.05, 4.69) is 20.6 Å². The van der Waals surface area contributed by atoms with E-state index in [1.807, 2.05) is 6.07 Å². The summed E-state index contributed by atoms with van der Waals surface area (Å²) in [5.41, 5.74) is 0.338. The fourth-order valence-electron chi connectivity index (χ4n) is 7.79. The standard InChI is InChI=1S/C40H62AsN5O6/c1-27(46(32-19-13-8-14-20-32)39(51)52-40(2,3)4)37(49)45-34(24-31-25-43-26-44-31)36(48)41-33(22-29-17-11-7-12-18-29)35(47)23-30(38(50)42-5)21-28-15-9-6-10-16-28/h8,13-14,19-20,25-30,33-35,41,47H,6-7,9-12,15-18,21-24H2,1-5H3,(H,42,50)(H,43,44)(H,45,49)/t27?,30-,33+,34?,35+/m1/s1. The first-order chi connectivity index (χ1) is 24.8. The Morgan fingerprint density at radius 1 is 0.962 bits per heavy atom. The Labute approximate surface area is 316 Å². The molecular formula is C40H62AsN5O6. The fraction of sp³-hybridized carbons (Fsp3) is 0.675. The Kier molecular flexibility index (Phi) is 16.3. The number of aromatic amines is 1. The van der Waals surface area contributed by atoms with Crippen LogP contribution in [0.2, 0.25) is 4.71 Å². The molecule has 3 amide bonds. The zero-order valence-corrected chi connectivity index (χ0v) is 34.0. The number of hydrogen-bond donors (Lipinski definition) is 4. The van der Waals surface area contributed by atoms with Crippen molar-refractivity contribution < 1.29 is 29.0 Å². The summed E-state index contributed by atoms with van der Waals surface area (Å²) in [6.45, 7) is 6.94. The third kappa shape index (κ3) is 13.0. The van der Waals surface area contributed by atoms with Crippen molar-refractivity contribution in [3.8, 4) is 0 Å². The molecule has 0 bridgehead atoms. The van der Waals surface area contributed by atoms with Crippen molar-refractivity contribution in [2.75, 3.05) is 11.9 Å². The van der Waals surface area contributed by atoms with Gasteiger partial charge in [-0.15, -0.1) is 0 Å². The van der Waals surface area contributed by atoms with E-state index in [0.717, 1.165) is 51.4 Å². The number of amides is 3. The number of aliphatic hydroxyl groups excluding tert-OH is 1. The van der Waals surface area contributed by atoms with Crippen LogP contribution in [0.15, 0.2) is 42.9 Å². The van der Waals surface area contributed by atoms with Gasteiger partial charge in [-0.3, -0.25) is 0 Å². The van der Waals surface area contributed by atoms with Gasteiger partial charge in [-0.2, -0.15) is 0 Å². The van der Waals surface area contributed by atoms with Gasteiger partial charge in [-0.05, 0) is 0 Å². The first kappa shape index (κ1) is 41.6. The molecule has 2 aromatic rings. The van der Waals surface area contributed by atoms with Crippen LogP contribution in [0.4, 0.5) is 10.5 Å². The number of benzene rings is 1. The molecule has 4 rings (SSSR count). The number of nitrogens with one attached hydrogen (secondary N) is 3. The molecule has 2 aliphatic carbocycles. The van der Waals surface area contributed by atoms with Gasteiger partial charge < -0.3 is 0 Å². The topological polar surface area (TPSA) is 154 Å².